The summed E-state index contributed by atoms with van der Waals surface area (Å²) in [6, 6.07) is 16.9. The standard InChI is InChI=1S/C26H36N6O.HI/c1-21-8-6-11-25-30-23(20-32(21)25)18-29-26(27-2)28-14-7-17-33-24-12-15-31(16-13-24)19-22-9-4-3-5-10-22;/h3-6,8-11,20,24H,7,12-19H2,1-2H3,(H2,27,28,29);1H. The summed E-state index contributed by atoms with van der Waals surface area (Å²) in [7, 11) is 1.79. The Morgan fingerprint density at radius 1 is 1.09 bits per heavy atom. The van der Waals surface area contributed by atoms with E-state index in [-0.39, 0.29) is 24.0 Å². The third-order valence-electron chi connectivity index (χ3n) is 6.16. The van der Waals surface area contributed by atoms with E-state index in [1.807, 2.05) is 12.1 Å². The van der Waals surface area contributed by atoms with E-state index >= 15 is 0 Å². The molecule has 0 atom stereocenters. The molecule has 3 heterocycles. The highest BCUT2D eigenvalue weighted by molar-refractivity contribution is 14.0. The van der Waals surface area contributed by atoms with Crippen molar-refractivity contribution < 1.29 is 4.74 Å². The summed E-state index contributed by atoms with van der Waals surface area (Å²) >= 11 is 0. The van der Waals surface area contributed by atoms with E-state index in [1.165, 1.54) is 11.3 Å². The number of likely N-dealkylation sites (tertiary alicyclic amines) is 1. The van der Waals surface area contributed by atoms with Crippen molar-refractivity contribution in [3.05, 3.63) is 71.7 Å². The molecular formula is C26H37IN6O. The van der Waals surface area contributed by atoms with Crippen LogP contribution in [0.3, 0.4) is 0 Å². The quantitative estimate of drug-likeness (QED) is 0.175. The number of pyridine rings is 1. The molecule has 0 spiro atoms. The van der Waals surface area contributed by atoms with E-state index in [9.17, 15) is 0 Å². The molecule has 1 aliphatic rings. The third-order valence-corrected chi connectivity index (χ3v) is 6.16. The number of nitrogens with one attached hydrogen (secondary N) is 2. The summed E-state index contributed by atoms with van der Waals surface area (Å²) in [6.07, 6.45) is 5.64. The molecule has 4 rings (SSSR count). The first-order valence-electron chi connectivity index (χ1n) is 12.0. The highest BCUT2D eigenvalue weighted by Crippen LogP contribution is 2.16. The number of hydrogen-bond acceptors (Lipinski definition) is 4. The number of nitrogens with zero attached hydrogens (tertiary/aromatic N) is 4. The second-order valence-electron chi connectivity index (χ2n) is 8.67. The number of rotatable bonds is 9. The molecule has 2 aromatic heterocycles. The molecule has 0 amide bonds. The van der Waals surface area contributed by atoms with Gasteiger partial charge in [0.05, 0.1) is 18.3 Å². The van der Waals surface area contributed by atoms with Crippen LogP contribution >= 0.6 is 24.0 Å². The number of aromatic nitrogens is 2. The average Bonchev–Trinajstić information content (AvgIpc) is 3.27. The van der Waals surface area contributed by atoms with Crippen molar-refractivity contribution in [2.75, 3.05) is 33.3 Å². The molecule has 1 aliphatic heterocycles. The van der Waals surface area contributed by atoms with Crippen LogP contribution < -0.4 is 10.6 Å². The van der Waals surface area contributed by atoms with Gasteiger partial charge in [0.15, 0.2) is 5.96 Å². The van der Waals surface area contributed by atoms with Gasteiger partial charge < -0.3 is 19.8 Å². The second kappa shape index (κ2) is 13.7. The molecule has 184 valence electrons. The van der Waals surface area contributed by atoms with Crippen LogP contribution in [0.1, 0.15) is 36.2 Å². The maximum Gasteiger partial charge on any atom is 0.191 e. The van der Waals surface area contributed by atoms with E-state index in [4.69, 9.17) is 4.74 Å². The minimum atomic E-state index is 0. The van der Waals surface area contributed by atoms with Gasteiger partial charge in [0.2, 0.25) is 0 Å². The number of imidazole rings is 1. The van der Waals surface area contributed by atoms with Gasteiger partial charge in [-0.3, -0.25) is 9.89 Å². The third kappa shape index (κ3) is 7.68. The highest BCUT2D eigenvalue weighted by atomic mass is 127. The minimum absolute atomic E-state index is 0. The summed E-state index contributed by atoms with van der Waals surface area (Å²) in [5, 5.41) is 6.72. The number of halogens is 1. The maximum absolute atomic E-state index is 6.13. The van der Waals surface area contributed by atoms with Crippen LogP contribution in [-0.4, -0.2) is 59.6 Å². The molecule has 0 bridgehead atoms. The van der Waals surface area contributed by atoms with Gasteiger partial charge in [-0.15, -0.1) is 24.0 Å². The van der Waals surface area contributed by atoms with Crippen molar-refractivity contribution in [3.63, 3.8) is 0 Å². The molecule has 1 fully saturated rings. The monoisotopic (exact) mass is 576 g/mol. The number of aryl methyl sites for hydroxylation is 1. The summed E-state index contributed by atoms with van der Waals surface area (Å²) in [5.74, 6) is 0.790. The van der Waals surface area contributed by atoms with Gasteiger partial charge in [0, 0.05) is 51.7 Å². The number of piperidine rings is 1. The lowest BCUT2D eigenvalue weighted by atomic mass is 10.1. The van der Waals surface area contributed by atoms with Crippen molar-refractivity contribution in [1.82, 2.24) is 24.9 Å². The molecule has 8 heteroatoms. The minimum Gasteiger partial charge on any atom is -0.378 e. The number of ether oxygens (including phenoxy) is 1. The number of hydrogen-bond donors (Lipinski definition) is 2. The number of guanidine groups is 1. The van der Waals surface area contributed by atoms with Crippen LogP contribution in [-0.2, 0) is 17.8 Å². The lowest BCUT2D eigenvalue weighted by Crippen LogP contribution is -2.38. The average molecular weight is 577 g/mol. The number of fused-ring (bicyclic) bond motifs is 1. The molecule has 2 N–H and O–H groups in total. The van der Waals surface area contributed by atoms with Crippen LogP contribution in [0, 0.1) is 6.92 Å². The predicted octanol–water partition coefficient (Wildman–Crippen LogP) is 4.00. The Morgan fingerprint density at radius 2 is 1.88 bits per heavy atom. The Balaban J connectivity index is 0.00000324. The fraction of sp³-hybridized carbons (Fsp3) is 0.462. The maximum atomic E-state index is 6.13. The lowest BCUT2D eigenvalue weighted by molar-refractivity contribution is 0.00534. The Morgan fingerprint density at radius 3 is 2.62 bits per heavy atom. The highest BCUT2D eigenvalue weighted by Gasteiger charge is 2.19. The van der Waals surface area contributed by atoms with E-state index in [1.54, 1.807) is 7.05 Å². The Hall–Kier alpha value is -2.17. The molecular weight excluding hydrogens is 539 g/mol. The predicted molar refractivity (Wildman–Crippen MR) is 149 cm³/mol. The summed E-state index contributed by atoms with van der Waals surface area (Å²) in [5.41, 5.74) is 4.53. The molecule has 0 saturated carbocycles. The van der Waals surface area contributed by atoms with Crippen LogP contribution in [0.5, 0.6) is 0 Å². The summed E-state index contributed by atoms with van der Waals surface area (Å²) in [6.45, 7) is 7.59. The Kier molecular flexibility index (Phi) is 10.6. The van der Waals surface area contributed by atoms with Gasteiger partial charge in [0.25, 0.3) is 0 Å². The smallest absolute Gasteiger partial charge is 0.191 e. The van der Waals surface area contributed by atoms with Crippen molar-refractivity contribution >= 4 is 35.6 Å². The molecule has 3 aromatic rings. The van der Waals surface area contributed by atoms with Gasteiger partial charge in [-0.05, 0) is 43.9 Å². The SMILES string of the molecule is CN=C(NCCCOC1CCN(Cc2ccccc2)CC1)NCc1cn2c(C)cccc2n1.I. The van der Waals surface area contributed by atoms with Crippen molar-refractivity contribution in [2.24, 2.45) is 4.99 Å². The zero-order valence-corrected chi connectivity index (χ0v) is 22.6. The topological polar surface area (TPSA) is 66.2 Å². The fourth-order valence-electron chi connectivity index (χ4n) is 4.28. The molecule has 1 aromatic carbocycles. The summed E-state index contributed by atoms with van der Waals surface area (Å²) in [4.78, 5) is 11.5. The molecule has 7 nitrogen and oxygen atoms in total. The summed E-state index contributed by atoms with van der Waals surface area (Å²) < 4.78 is 8.24. The number of aliphatic imine (C=N–C) groups is 1. The van der Waals surface area contributed by atoms with Gasteiger partial charge in [0.1, 0.15) is 5.65 Å². The Bertz CT molecular complexity index is 1030. The van der Waals surface area contributed by atoms with Crippen molar-refractivity contribution in [1.29, 1.82) is 0 Å². The van der Waals surface area contributed by atoms with E-state index in [0.717, 1.165) is 69.3 Å². The molecule has 0 radical (unpaired) electrons. The van der Waals surface area contributed by atoms with E-state index < -0.39 is 0 Å². The number of benzene rings is 1. The first-order chi connectivity index (χ1) is 16.2. The molecule has 1 saturated heterocycles. The molecule has 34 heavy (non-hydrogen) atoms. The zero-order chi connectivity index (χ0) is 22.9. The van der Waals surface area contributed by atoms with E-state index in [2.05, 4.69) is 79.4 Å². The zero-order valence-electron chi connectivity index (χ0n) is 20.2. The van der Waals surface area contributed by atoms with Crippen LogP contribution in [0.15, 0.2) is 59.7 Å². The van der Waals surface area contributed by atoms with Crippen molar-refractivity contribution in [2.45, 2.75) is 45.4 Å². The van der Waals surface area contributed by atoms with Crippen LogP contribution in [0.2, 0.25) is 0 Å². The van der Waals surface area contributed by atoms with Gasteiger partial charge >= 0.3 is 0 Å². The first-order valence-corrected chi connectivity index (χ1v) is 12.0. The lowest BCUT2D eigenvalue weighted by Gasteiger charge is -2.32. The molecule has 0 aliphatic carbocycles. The van der Waals surface area contributed by atoms with Crippen molar-refractivity contribution in [3.8, 4) is 0 Å². The normalized spacial score (nSPS) is 15.3. The second-order valence-corrected chi connectivity index (χ2v) is 8.67. The van der Waals surface area contributed by atoms with Gasteiger partial charge in [-0.1, -0.05) is 36.4 Å². The fourth-order valence-corrected chi connectivity index (χ4v) is 4.28. The Labute approximate surface area is 220 Å². The van der Waals surface area contributed by atoms with Gasteiger partial charge in [-0.25, -0.2) is 4.98 Å². The molecule has 0 unspecified atom stereocenters. The first kappa shape index (κ1) is 26.4. The van der Waals surface area contributed by atoms with Crippen LogP contribution in [0.4, 0.5) is 0 Å². The van der Waals surface area contributed by atoms with Gasteiger partial charge in [-0.2, -0.15) is 0 Å². The van der Waals surface area contributed by atoms with Crippen LogP contribution in [0.25, 0.3) is 5.65 Å². The van der Waals surface area contributed by atoms with E-state index in [0.29, 0.717) is 12.6 Å². The largest absolute Gasteiger partial charge is 0.378 e.